The molecule has 5 nitrogen and oxygen atoms in total. The fourth-order valence-electron chi connectivity index (χ4n) is 3.85. The Morgan fingerprint density at radius 2 is 1.67 bits per heavy atom. The molecule has 2 aromatic heterocycles. The number of alkyl halides is 3. The predicted molar refractivity (Wildman–Crippen MR) is 124 cm³/mol. The van der Waals surface area contributed by atoms with Crippen LogP contribution in [-0.4, -0.2) is 9.55 Å². The van der Waals surface area contributed by atoms with Crippen LogP contribution in [0.15, 0.2) is 89.9 Å². The van der Waals surface area contributed by atoms with Gasteiger partial charge in [0, 0.05) is 45.8 Å². The van der Waals surface area contributed by atoms with Crippen molar-refractivity contribution in [2.45, 2.75) is 6.18 Å². The Morgan fingerprint density at radius 3 is 2.45 bits per heavy atom. The highest BCUT2D eigenvalue weighted by Crippen LogP contribution is 2.32. The van der Waals surface area contributed by atoms with E-state index in [1.54, 1.807) is 30.5 Å². The molecule has 8 heteroatoms. The molecule has 3 N–H and O–H groups in total. The summed E-state index contributed by atoms with van der Waals surface area (Å²) in [6, 6.07) is 20.3. The number of nitrogen functional groups attached to an aromatic ring is 1. The summed E-state index contributed by atoms with van der Waals surface area (Å²) in [7, 11) is 0. The van der Waals surface area contributed by atoms with Gasteiger partial charge in [0.25, 0.3) is 5.56 Å². The van der Waals surface area contributed by atoms with Crippen molar-refractivity contribution in [1.82, 2.24) is 9.55 Å². The zero-order valence-electron chi connectivity index (χ0n) is 17.1. The second-order valence-corrected chi connectivity index (χ2v) is 7.60. The van der Waals surface area contributed by atoms with E-state index in [2.05, 4.69) is 10.3 Å². The lowest BCUT2D eigenvalue weighted by molar-refractivity contribution is -0.137. The van der Waals surface area contributed by atoms with Crippen molar-refractivity contribution in [2.75, 3.05) is 11.1 Å². The second-order valence-electron chi connectivity index (χ2n) is 7.60. The Hall–Kier alpha value is -4.33. The number of pyridine rings is 2. The van der Waals surface area contributed by atoms with Crippen molar-refractivity contribution in [2.24, 2.45) is 0 Å². The maximum atomic E-state index is 13.3. The van der Waals surface area contributed by atoms with E-state index in [1.807, 2.05) is 24.3 Å². The van der Waals surface area contributed by atoms with E-state index in [4.69, 9.17) is 5.73 Å². The lowest BCUT2D eigenvalue weighted by atomic mass is 10.1. The molecule has 3 aromatic carbocycles. The highest BCUT2D eigenvalue weighted by Gasteiger charge is 2.30. The summed E-state index contributed by atoms with van der Waals surface area (Å²) in [6.07, 6.45) is -2.92. The van der Waals surface area contributed by atoms with Crippen molar-refractivity contribution in [3.8, 4) is 5.69 Å². The standard InChI is InChI=1S/C25H17F3N4O/c26-25(27,28)16-3-1-6-20(11-16)32-23(33)10-7-15-14-30-22-9-8-19(13-21(22)24(15)32)31-18-5-2-4-17(29)12-18/h1-14,31H,29H2. The lowest BCUT2D eigenvalue weighted by Gasteiger charge is -2.15. The SMILES string of the molecule is Nc1cccc(Nc2ccc3ncc4ccc(=O)n(-c5cccc(C(F)(F)F)c5)c4c3c2)c1. The van der Waals surface area contributed by atoms with Gasteiger partial charge in [-0.2, -0.15) is 13.2 Å². The minimum absolute atomic E-state index is 0.127. The van der Waals surface area contributed by atoms with Crippen LogP contribution < -0.4 is 16.6 Å². The zero-order chi connectivity index (χ0) is 23.2. The first-order valence-electron chi connectivity index (χ1n) is 10.0. The smallest absolute Gasteiger partial charge is 0.399 e. The molecule has 0 saturated carbocycles. The third kappa shape index (κ3) is 3.87. The topological polar surface area (TPSA) is 72.9 Å². The van der Waals surface area contributed by atoms with Crippen LogP contribution in [0, 0.1) is 0 Å². The van der Waals surface area contributed by atoms with E-state index < -0.39 is 17.3 Å². The number of benzene rings is 3. The summed E-state index contributed by atoms with van der Waals surface area (Å²) in [5, 5.41) is 4.51. The number of aromatic nitrogens is 2. The van der Waals surface area contributed by atoms with Gasteiger partial charge in [-0.3, -0.25) is 14.3 Å². The lowest BCUT2D eigenvalue weighted by Crippen LogP contribution is -2.18. The van der Waals surface area contributed by atoms with Gasteiger partial charge in [-0.15, -0.1) is 0 Å². The molecule has 0 bridgehead atoms. The monoisotopic (exact) mass is 446 g/mol. The summed E-state index contributed by atoms with van der Waals surface area (Å²) in [4.78, 5) is 17.3. The van der Waals surface area contributed by atoms with Gasteiger partial charge in [0.1, 0.15) is 0 Å². The van der Waals surface area contributed by atoms with Gasteiger partial charge in [0.15, 0.2) is 0 Å². The Morgan fingerprint density at radius 1 is 0.879 bits per heavy atom. The van der Waals surface area contributed by atoms with Crippen molar-refractivity contribution in [1.29, 1.82) is 0 Å². The summed E-state index contributed by atoms with van der Waals surface area (Å²) >= 11 is 0. The number of fused-ring (bicyclic) bond motifs is 3. The summed E-state index contributed by atoms with van der Waals surface area (Å²) in [5.74, 6) is 0. The largest absolute Gasteiger partial charge is 0.416 e. The molecule has 5 rings (SSSR count). The molecular formula is C25H17F3N4O. The molecule has 0 aliphatic rings. The van der Waals surface area contributed by atoms with E-state index in [0.29, 0.717) is 33.2 Å². The summed E-state index contributed by atoms with van der Waals surface area (Å²) < 4.78 is 41.3. The molecule has 33 heavy (non-hydrogen) atoms. The van der Waals surface area contributed by atoms with Crippen LogP contribution in [0.1, 0.15) is 5.56 Å². The van der Waals surface area contributed by atoms with Crippen molar-refractivity contribution in [3.05, 3.63) is 101 Å². The molecule has 0 atom stereocenters. The maximum absolute atomic E-state index is 13.3. The first-order valence-corrected chi connectivity index (χ1v) is 10.0. The molecular weight excluding hydrogens is 429 g/mol. The molecule has 164 valence electrons. The Bertz CT molecular complexity index is 1570. The van der Waals surface area contributed by atoms with E-state index >= 15 is 0 Å². The van der Waals surface area contributed by atoms with Crippen LogP contribution in [-0.2, 0) is 6.18 Å². The first kappa shape index (κ1) is 20.6. The second kappa shape index (κ2) is 7.67. The zero-order valence-corrected chi connectivity index (χ0v) is 17.1. The van der Waals surface area contributed by atoms with Crippen LogP contribution in [0.2, 0.25) is 0 Å². The van der Waals surface area contributed by atoms with E-state index in [9.17, 15) is 18.0 Å². The number of nitrogens with zero attached hydrogens (tertiary/aromatic N) is 2. The number of halogens is 3. The molecule has 0 fully saturated rings. The van der Waals surface area contributed by atoms with Crippen molar-refractivity contribution >= 4 is 38.9 Å². The number of nitrogens with one attached hydrogen (secondary N) is 1. The molecule has 0 aliphatic heterocycles. The molecule has 0 unspecified atom stereocenters. The fourth-order valence-corrected chi connectivity index (χ4v) is 3.85. The summed E-state index contributed by atoms with van der Waals surface area (Å²) in [5.41, 5.74) is 7.89. The van der Waals surface area contributed by atoms with Gasteiger partial charge in [0.2, 0.25) is 0 Å². The normalized spacial score (nSPS) is 11.7. The average Bonchev–Trinajstić information content (AvgIpc) is 2.78. The van der Waals surface area contributed by atoms with E-state index in [1.165, 1.54) is 22.8 Å². The third-order valence-electron chi connectivity index (χ3n) is 5.32. The highest BCUT2D eigenvalue weighted by molar-refractivity contribution is 6.05. The minimum atomic E-state index is -4.53. The Kier molecular flexibility index (Phi) is 4.78. The highest BCUT2D eigenvalue weighted by atomic mass is 19.4. The van der Waals surface area contributed by atoms with Crippen LogP contribution in [0.3, 0.4) is 0 Å². The number of nitrogens with two attached hydrogens (primary N) is 1. The number of hydrogen-bond donors (Lipinski definition) is 2. The molecule has 0 aliphatic carbocycles. The number of anilines is 3. The van der Waals surface area contributed by atoms with Gasteiger partial charge in [-0.25, -0.2) is 0 Å². The Labute approximate surface area is 185 Å². The molecule has 5 aromatic rings. The van der Waals surface area contributed by atoms with Crippen LogP contribution in [0.5, 0.6) is 0 Å². The van der Waals surface area contributed by atoms with E-state index in [-0.39, 0.29) is 5.69 Å². The van der Waals surface area contributed by atoms with Gasteiger partial charge < -0.3 is 11.1 Å². The van der Waals surface area contributed by atoms with Crippen LogP contribution in [0.25, 0.3) is 27.5 Å². The quantitative estimate of drug-likeness (QED) is 0.268. The minimum Gasteiger partial charge on any atom is -0.399 e. The number of hydrogen-bond acceptors (Lipinski definition) is 4. The maximum Gasteiger partial charge on any atom is 0.416 e. The number of rotatable bonds is 3. The molecule has 0 saturated heterocycles. The van der Waals surface area contributed by atoms with Gasteiger partial charge in [0.05, 0.1) is 16.6 Å². The molecule has 0 spiro atoms. The fraction of sp³-hybridized carbons (Fsp3) is 0.0400. The van der Waals surface area contributed by atoms with Crippen molar-refractivity contribution in [3.63, 3.8) is 0 Å². The van der Waals surface area contributed by atoms with E-state index in [0.717, 1.165) is 17.8 Å². The molecule has 0 radical (unpaired) electrons. The van der Waals surface area contributed by atoms with Crippen molar-refractivity contribution < 1.29 is 13.2 Å². The predicted octanol–water partition coefficient (Wildman–Crippen LogP) is 5.88. The Balaban J connectivity index is 1.75. The summed E-state index contributed by atoms with van der Waals surface area (Å²) in [6.45, 7) is 0. The third-order valence-corrected chi connectivity index (χ3v) is 5.32. The van der Waals surface area contributed by atoms with Crippen LogP contribution >= 0.6 is 0 Å². The first-order chi connectivity index (χ1) is 15.8. The van der Waals surface area contributed by atoms with Gasteiger partial charge in [-0.1, -0.05) is 12.1 Å². The average molecular weight is 446 g/mol. The van der Waals surface area contributed by atoms with Gasteiger partial charge in [-0.05, 0) is 60.7 Å². The van der Waals surface area contributed by atoms with Gasteiger partial charge >= 0.3 is 6.18 Å². The molecule has 2 heterocycles. The molecule has 0 amide bonds. The van der Waals surface area contributed by atoms with Crippen LogP contribution in [0.4, 0.5) is 30.2 Å².